The molecular formula is C22H27FN2O2. The van der Waals surface area contributed by atoms with E-state index in [2.05, 4.69) is 5.32 Å². The Hall–Kier alpha value is -2.69. The predicted molar refractivity (Wildman–Crippen MR) is 104 cm³/mol. The lowest BCUT2D eigenvalue weighted by Gasteiger charge is -2.31. The van der Waals surface area contributed by atoms with Crippen LogP contribution in [0.4, 0.5) is 4.39 Å². The molecule has 0 saturated carbocycles. The molecule has 144 valence electrons. The summed E-state index contributed by atoms with van der Waals surface area (Å²) in [5, 5.41) is 2.91. The first-order chi connectivity index (χ1) is 13.1. The first-order valence-corrected chi connectivity index (χ1v) is 9.43. The van der Waals surface area contributed by atoms with Crippen LogP contribution in [-0.4, -0.2) is 23.3 Å². The van der Waals surface area contributed by atoms with Gasteiger partial charge in [-0.3, -0.25) is 9.59 Å². The molecule has 2 rings (SSSR count). The molecular weight excluding hydrogens is 343 g/mol. The number of carbonyl (C=O) groups is 2. The topological polar surface area (TPSA) is 49.4 Å². The summed E-state index contributed by atoms with van der Waals surface area (Å²) in [5.41, 5.74) is 1.54. The number of hydrogen-bond donors (Lipinski definition) is 1. The molecule has 2 aromatic carbocycles. The fourth-order valence-corrected chi connectivity index (χ4v) is 2.92. The summed E-state index contributed by atoms with van der Waals surface area (Å²) < 4.78 is 13.2. The Morgan fingerprint density at radius 1 is 1.00 bits per heavy atom. The van der Waals surface area contributed by atoms with Gasteiger partial charge in [-0.2, -0.15) is 0 Å². The molecule has 1 N–H and O–H groups in total. The van der Waals surface area contributed by atoms with Gasteiger partial charge in [-0.05, 0) is 36.1 Å². The van der Waals surface area contributed by atoms with Crippen LogP contribution in [0.25, 0.3) is 0 Å². The highest BCUT2D eigenvalue weighted by Crippen LogP contribution is 2.25. The van der Waals surface area contributed by atoms with Crippen molar-refractivity contribution in [2.45, 2.75) is 45.7 Å². The van der Waals surface area contributed by atoms with Gasteiger partial charge in [0.25, 0.3) is 0 Å². The Morgan fingerprint density at radius 3 is 2.26 bits per heavy atom. The monoisotopic (exact) mass is 370 g/mol. The van der Waals surface area contributed by atoms with Gasteiger partial charge in [0.05, 0.1) is 0 Å². The van der Waals surface area contributed by atoms with Crippen molar-refractivity contribution in [1.82, 2.24) is 10.2 Å². The van der Waals surface area contributed by atoms with Gasteiger partial charge in [0.1, 0.15) is 11.9 Å². The SMILES string of the molecule is CCCNC(=O)C(c1ccccc1)N(Cc1ccc(F)cc1)C(=O)CCC. The van der Waals surface area contributed by atoms with E-state index < -0.39 is 6.04 Å². The van der Waals surface area contributed by atoms with Crippen LogP contribution in [0.1, 0.15) is 50.3 Å². The van der Waals surface area contributed by atoms with Crippen LogP contribution in [0.3, 0.4) is 0 Å². The van der Waals surface area contributed by atoms with Gasteiger partial charge in [-0.15, -0.1) is 0 Å². The van der Waals surface area contributed by atoms with E-state index >= 15 is 0 Å². The first-order valence-electron chi connectivity index (χ1n) is 9.43. The van der Waals surface area contributed by atoms with E-state index in [9.17, 15) is 14.0 Å². The Labute approximate surface area is 160 Å². The van der Waals surface area contributed by atoms with Crippen molar-refractivity contribution in [2.24, 2.45) is 0 Å². The zero-order valence-corrected chi connectivity index (χ0v) is 16.0. The van der Waals surface area contributed by atoms with Crippen molar-refractivity contribution in [2.75, 3.05) is 6.54 Å². The minimum absolute atomic E-state index is 0.0951. The Kier molecular flexibility index (Phi) is 7.99. The maximum atomic E-state index is 13.2. The lowest BCUT2D eigenvalue weighted by atomic mass is 10.0. The smallest absolute Gasteiger partial charge is 0.247 e. The molecule has 0 aliphatic carbocycles. The molecule has 5 heteroatoms. The highest BCUT2D eigenvalue weighted by molar-refractivity contribution is 5.88. The van der Waals surface area contributed by atoms with Gasteiger partial charge in [-0.25, -0.2) is 4.39 Å². The largest absolute Gasteiger partial charge is 0.354 e. The molecule has 1 unspecified atom stereocenters. The van der Waals surface area contributed by atoms with Crippen molar-refractivity contribution in [1.29, 1.82) is 0 Å². The highest BCUT2D eigenvalue weighted by Gasteiger charge is 2.30. The van der Waals surface area contributed by atoms with Crippen LogP contribution in [0.15, 0.2) is 54.6 Å². The maximum absolute atomic E-state index is 13.2. The van der Waals surface area contributed by atoms with E-state index in [1.54, 1.807) is 17.0 Å². The quantitative estimate of drug-likeness (QED) is 0.718. The average molecular weight is 370 g/mol. The molecule has 0 fully saturated rings. The second kappa shape index (κ2) is 10.5. The van der Waals surface area contributed by atoms with Gasteiger partial charge in [0.2, 0.25) is 11.8 Å². The van der Waals surface area contributed by atoms with E-state index in [1.165, 1.54) is 12.1 Å². The number of halogens is 1. The molecule has 0 bridgehead atoms. The molecule has 2 amide bonds. The van der Waals surface area contributed by atoms with Gasteiger partial charge in [0, 0.05) is 19.5 Å². The van der Waals surface area contributed by atoms with Crippen molar-refractivity contribution < 1.29 is 14.0 Å². The predicted octanol–water partition coefficient (Wildman–Crippen LogP) is 4.22. The molecule has 2 aromatic rings. The lowest BCUT2D eigenvalue weighted by molar-refractivity contribution is -0.141. The summed E-state index contributed by atoms with van der Waals surface area (Å²) >= 11 is 0. The molecule has 0 heterocycles. The number of benzene rings is 2. The Balaban J connectivity index is 2.39. The molecule has 0 radical (unpaired) electrons. The zero-order valence-electron chi connectivity index (χ0n) is 16.0. The van der Waals surface area contributed by atoms with Crippen molar-refractivity contribution >= 4 is 11.8 Å². The van der Waals surface area contributed by atoms with Crippen molar-refractivity contribution in [3.8, 4) is 0 Å². The van der Waals surface area contributed by atoms with Crippen molar-refractivity contribution in [3.63, 3.8) is 0 Å². The van der Waals surface area contributed by atoms with Gasteiger partial charge in [0.15, 0.2) is 0 Å². The molecule has 0 saturated heterocycles. The fraction of sp³-hybridized carbons (Fsp3) is 0.364. The molecule has 0 aliphatic heterocycles. The number of nitrogens with one attached hydrogen (secondary N) is 1. The maximum Gasteiger partial charge on any atom is 0.247 e. The van der Waals surface area contributed by atoms with Gasteiger partial charge >= 0.3 is 0 Å². The van der Waals surface area contributed by atoms with E-state index in [0.717, 1.165) is 17.5 Å². The summed E-state index contributed by atoms with van der Waals surface area (Å²) in [4.78, 5) is 27.4. The van der Waals surface area contributed by atoms with E-state index in [4.69, 9.17) is 0 Å². The highest BCUT2D eigenvalue weighted by atomic mass is 19.1. The lowest BCUT2D eigenvalue weighted by Crippen LogP contribution is -2.43. The van der Waals surface area contributed by atoms with E-state index in [-0.39, 0.29) is 24.2 Å². The number of carbonyl (C=O) groups excluding carboxylic acids is 2. The minimum Gasteiger partial charge on any atom is -0.354 e. The number of hydrogen-bond acceptors (Lipinski definition) is 2. The van der Waals surface area contributed by atoms with Crippen molar-refractivity contribution in [3.05, 3.63) is 71.5 Å². The van der Waals surface area contributed by atoms with Crippen LogP contribution in [0, 0.1) is 5.82 Å². The number of rotatable bonds is 9. The Morgan fingerprint density at radius 2 is 1.67 bits per heavy atom. The zero-order chi connectivity index (χ0) is 19.6. The molecule has 0 spiro atoms. The molecule has 4 nitrogen and oxygen atoms in total. The molecule has 0 aliphatic rings. The van der Waals surface area contributed by atoms with Gasteiger partial charge in [-0.1, -0.05) is 56.3 Å². The molecule has 1 atom stereocenters. The molecule has 27 heavy (non-hydrogen) atoms. The third-order valence-electron chi connectivity index (χ3n) is 4.27. The second-order valence-electron chi connectivity index (χ2n) is 6.50. The summed E-state index contributed by atoms with van der Waals surface area (Å²) in [6.07, 6.45) is 1.86. The minimum atomic E-state index is -0.721. The summed E-state index contributed by atoms with van der Waals surface area (Å²) in [6.45, 7) is 4.71. The van der Waals surface area contributed by atoms with Crippen LogP contribution in [0.2, 0.25) is 0 Å². The molecule has 0 aromatic heterocycles. The van der Waals surface area contributed by atoms with Gasteiger partial charge < -0.3 is 10.2 Å². The normalized spacial score (nSPS) is 11.7. The van der Waals surface area contributed by atoms with Crippen LogP contribution in [0.5, 0.6) is 0 Å². The van der Waals surface area contributed by atoms with Crippen LogP contribution < -0.4 is 5.32 Å². The fourth-order valence-electron chi connectivity index (χ4n) is 2.92. The second-order valence-corrected chi connectivity index (χ2v) is 6.50. The third kappa shape index (κ3) is 5.91. The van der Waals surface area contributed by atoms with E-state index in [1.807, 2.05) is 44.2 Å². The van der Waals surface area contributed by atoms with Crippen LogP contribution in [-0.2, 0) is 16.1 Å². The Bertz CT molecular complexity index is 732. The van der Waals surface area contributed by atoms with Crippen LogP contribution >= 0.6 is 0 Å². The van der Waals surface area contributed by atoms with E-state index in [0.29, 0.717) is 19.4 Å². The number of nitrogens with zero attached hydrogens (tertiary/aromatic N) is 1. The number of amides is 2. The summed E-state index contributed by atoms with van der Waals surface area (Å²) in [7, 11) is 0. The summed E-state index contributed by atoms with van der Waals surface area (Å²) in [6, 6.07) is 14.6. The average Bonchev–Trinajstić information content (AvgIpc) is 2.68. The first kappa shape index (κ1) is 20.6. The standard InChI is InChI=1S/C22H27FN2O2/c1-3-8-20(26)25(16-17-11-13-19(23)14-12-17)21(22(27)24-15-4-2)18-9-6-5-7-10-18/h5-7,9-14,21H,3-4,8,15-16H2,1-2H3,(H,24,27). The summed E-state index contributed by atoms with van der Waals surface area (Å²) in [5.74, 6) is -0.623. The third-order valence-corrected chi connectivity index (χ3v) is 4.27.